The average molecular weight is 254 g/mol. The Morgan fingerprint density at radius 3 is 2.72 bits per heavy atom. The van der Waals surface area contributed by atoms with Crippen molar-refractivity contribution in [1.29, 1.82) is 0 Å². The highest BCUT2D eigenvalue weighted by Gasteiger charge is 2.49. The Morgan fingerprint density at radius 1 is 1.50 bits per heavy atom. The van der Waals surface area contributed by atoms with E-state index in [9.17, 15) is 5.11 Å². The molecular formula is C13H22N2O3. The lowest BCUT2D eigenvalue weighted by molar-refractivity contribution is -0.0608. The molecule has 1 fully saturated rings. The number of rotatable bonds is 7. The normalized spacial score (nSPS) is 18.7. The molecule has 1 aliphatic carbocycles. The first-order valence-electron chi connectivity index (χ1n) is 6.49. The summed E-state index contributed by atoms with van der Waals surface area (Å²) < 4.78 is 12.4. The lowest BCUT2D eigenvalue weighted by atomic mass is 9.93. The van der Waals surface area contributed by atoms with Gasteiger partial charge in [0.25, 0.3) is 0 Å². The number of ether oxygens (including phenoxy) is 2. The molecule has 0 aliphatic heterocycles. The fraction of sp³-hybridized carbons (Fsp3) is 0.769. The van der Waals surface area contributed by atoms with Gasteiger partial charge in [-0.1, -0.05) is 6.92 Å². The molecule has 0 aromatic carbocycles. The zero-order chi connectivity index (χ0) is 13.2. The zero-order valence-corrected chi connectivity index (χ0v) is 11.3. The molecule has 0 bridgehead atoms. The van der Waals surface area contributed by atoms with Crippen LogP contribution in [0.15, 0.2) is 6.20 Å². The summed E-state index contributed by atoms with van der Waals surface area (Å²) in [6, 6.07) is 0. The molecule has 5 nitrogen and oxygen atoms in total. The quantitative estimate of drug-likeness (QED) is 0.802. The molecule has 1 atom stereocenters. The van der Waals surface area contributed by atoms with Crippen molar-refractivity contribution < 1.29 is 14.6 Å². The second-order valence-electron chi connectivity index (χ2n) is 4.92. The Labute approximate surface area is 108 Å². The highest BCUT2D eigenvalue weighted by molar-refractivity contribution is 5.33. The van der Waals surface area contributed by atoms with E-state index < -0.39 is 5.60 Å². The molecule has 1 unspecified atom stereocenters. The van der Waals surface area contributed by atoms with Crippen LogP contribution in [-0.2, 0) is 16.9 Å². The number of hydrogen-bond donors (Lipinski definition) is 1. The summed E-state index contributed by atoms with van der Waals surface area (Å²) in [5.41, 5.74) is -0.220. The molecule has 5 heteroatoms. The van der Waals surface area contributed by atoms with E-state index in [4.69, 9.17) is 9.47 Å². The minimum Gasteiger partial charge on any atom is -0.493 e. The van der Waals surface area contributed by atoms with Crippen LogP contribution < -0.4 is 4.74 Å². The number of aromatic nitrogens is 2. The molecule has 0 amide bonds. The second kappa shape index (κ2) is 5.28. The Morgan fingerprint density at radius 2 is 2.22 bits per heavy atom. The van der Waals surface area contributed by atoms with Crippen LogP contribution in [0.4, 0.5) is 0 Å². The molecule has 1 aromatic rings. The van der Waals surface area contributed by atoms with Gasteiger partial charge in [-0.25, -0.2) is 0 Å². The minimum atomic E-state index is -0.980. The molecule has 1 aliphatic rings. The molecule has 18 heavy (non-hydrogen) atoms. The maximum atomic E-state index is 11.0. The van der Waals surface area contributed by atoms with Crippen molar-refractivity contribution in [3.63, 3.8) is 0 Å². The molecule has 1 N–H and O–H groups in total. The van der Waals surface area contributed by atoms with E-state index in [2.05, 4.69) is 12.0 Å². The van der Waals surface area contributed by atoms with Crippen LogP contribution >= 0.6 is 0 Å². The topological polar surface area (TPSA) is 56.5 Å². The summed E-state index contributed by atoms with van der Waals surface area (Å²) >= 11 is 0. The highest BCUT2D eigenvalue weighted by Crippen LogP contribution is 2.48. The lowest BCUT2D eigenvalue weighted by Crippen LogP contribution is -2.36. The largest absolute Gasteiger partial charge is 0.493 e. The minimum absolute atomic E-state index is 0.249. The standard InChI is InChI=1S/C13H22N2O3/c1-4-7-15-12(11(18-3)8-14-15)13(16,9-17-2)10-5-6-10/h8,10,16H,4-7,9H2,1-3H3. The van der Waals surface area contributed by atoms with Crippen molar-refractivity contribution in [3.05, 3.63) is 11.9 Å². The molecule has 102 valence electrons. The van der Waals surface area contributed by atoms with E-state index in [1.54, 1.807) is 20.4 Å². The summed E-state index contributed by atoms with van der Waals surface area (Å²) in [5.74, 6) is 0.897. The molecule has 1 aromatic heterocycles. The highest BCUT2D eigenvalue weighted by atomic mass is 16.5. The third-order valence-electron chi connectivity index (χ3n) is 3.49. The van der Waals surface area contributed by atoms with Crippen LogP contribution in [0.1, 0.15) is 31.9 Å². The van der Waals surface area contributed by atoms with E-state index >= 15 is 0 Å². The summed E-state index contributed by atoms with van der Waals surface area (Å²) in [6.07, 6.45) is 4.69. The maximum absolute atomic E-state index is 11.0. The molecule has 1 saturated carbocycles. The summed E-state index contributed by atoms with van der Waals surface area (Å²) in [4.78, 5) is 0. The fourth-order valence-corrected chi connectivity index (χ4v) is 2.50. The van der Waals surface area contributed by atoms with E-state index in [1.807, 2.05) is 4.68 Å². The number of aliphatic hydroxyl groups is 1. The number of methoxy groups -OCH3 is 2. The van der Waals surface area contributed by atoms with Gasteiger partial charge in [-0.2, -0.15) is 5.10 Å². The molecule has 1 heterocycles. The van der Waals surface area contributed by atoms with Gasteiger partial charge in [-0.05, 0) is 25.2 Å². The van der Waals surface area contributed by atoms with Crippen LogP contribution in [0, 0.1) is 5.92 Å². The molecular weight excluding hydrogens is 232 g/mol. The van der Waals surface area contributed by atoms with E-state index in [0.717, 1.165) is 31.5 Å². The number of aryl methyl sites for hydroxylation is 1. The Balaban J connectivity index is 2.41. The molecule has 0 radical (unpaired) electrons. The third-order valence-corrected chi connectivity index (χ3v) is 3.49. The first-order valence-corrected chi connectivity index (χ1v) is 6.49. The fourth-order valence-electron chi connectivity index (χ4n) is 2.50. The van der Waals surface area contributed by atoms with E-state index in [-0.39, 0.29) is 12.5 Å². The van der Waals surface area contributed by atoms with Crippen molar-refractivity contribution in [2.45, 2.75) is 38.3 Å². The van der Waals surface area contributed by atoms with E-state index in [1.165, 1.54) is 0 Å². The van der Waals surface area contributed by atoms with E-state index in [0.29, 0.717) is 5.75 Å². The lowest BCUT2D eigenvalue weighted by Gasteiger charge is -2.29. The first kappa shape index (κ1) is 13.4. The monoisotopic (exact) mass is 254 g/mol. The van der Waals surface area contributed by atoms with Gasteiger partial charge in [0.05, 0.1) is 19.9 Å². The van der Waals surface area contributed by atoms with Crippen molar-refractivity contribution >= 4 is 0 Å². The van der Waals surface area contributed by atoms with Crippen LogP contribution in [0.25, 0.3) is 0 Å². The summed E-state index contributed by atoms with van der Waals surface area (Å²) in [7, 11) is 3.22. The van der Waals surface area contributed by atoms with Gasteiger partial charge < -0.3 is 14.6 Å². The number of hydrogen-bond acceptors (Lipinski definition) is 4. The molecule has 0 saturated heterocycles. The zero-order valence-electron chi connectivity index (χ0n) is 11.3. The van der Waals surface area contributed by atoms with Crippen LogP contribution in [-0.4, -0.2) is 35.7 Å². The van der Waals surface area contributed by atoms with Gasteiger partial charge in [-0.15, -0.1) is 0 Å². The van der Waals surface area contributed by atoms with Gasteiger partial charge in [0.15, 0.2) is 5.75 Å². The second-order valence-corrected chi connectivity index (χ2v) is 4.92. The van der Waals surface area contributed by atoms with Crippen molar-refractivity contribution in [2.24, 2.45) is 5.92 Å². The van der Waals surface area contributed by atoms with Gasteiger partial charge in [0.2, 0.25) is 0 Å². The molecule has 2 rings (SSSR count). The van der Waals surface area contributed by atoms with Crippen molar-refractivity contribution in [3.8, 4) is 5.75 Å². The van der Waals surface area contributed by atoms with Crippen molar-refractivity contribution in [2.75, 3.05) is 20.8 Å². The van der Waals surface area contributed by atoms with Crippen LogP contribution in [0.2, 0.25) is 0 Å². The Kier molecular flexibility index (Phi) is 3.92. The van der Waals surface area contributed by atoms with Crippen molar-refractivity contribution in [1.82, 2.24) is 9.78 Å². The average Bonchev–Trinajstić information content (AvgIpc) is 3.12. The van der Waals surface area contributed by atoms with Gasteiger partial charge in [0.1, 0.15) is 11.3 Å². The van der Waals surface area contributed by atoms with Gasteiger partial charge in [0, 0.05) is 13.7 Å². The first-order chi connectivity index (χ1) is 8.67. The SMILES string of the molecule is CCCn1ncc(OC)c1C(O)(COC)C1CC1. The maximum Gasteiger partial charge on any atom is 0.163 e. The predicted octanol–water partition coefficient (Wildman–Crippen LogP) is 1.55. The van der Waals surface area contributed by atoms with Crippen LogP contribution in [0.5, 0.6) is 5.75 Å². The predicted molar refractivity (Wildman–Crippen MR) is 67.6 cm³/mol. The molecule has 0 spiro atoms. The van der Waals surface area contributed by atoms with Gasteiger partial charge in [-0.3, -0.25) is 4.68 Å². The van der Waals surface area contributed by atoms with Crippen LogP contribution in [0.3, 0.4) is 0 Å². The number of nitrogens with zero attached hydrogens (tertiary/aromatic N) is 2. The summed E-state index contributed by atoms with van der Waals surface area (Å²) in [5, 5.41) is 15.3. The smallest absolute Gasteiger partial charge is 0.163 e. The Hall–Kier alpha value is -1.07. The van der Waals surface area contributed by atoms with Gasteiger partial charge >= 0.3 is 0 Å². The Bertz CT molecular complexity index is 401. The summed E-state index contributed by atoms with van der Waals surface area (Å²) in [6.45, 7) is 3.14. The third kappa shape index (κ3) is 2.24.